The van der Waals surface area contributed by atoms with E-state index >= 15 is 0 Å². The van der Waals surface area contributed by atoms with E-state index in [1.807, 2.05) is 18.7 Å². The molecule has 0 radical (unpaired) electrons. The van der Waals surface area contributed by atoms with Crippen LogP contribution in [0.25, 0.3) is 0 Å². The number of carboxylic acids is 1. The van der Waals surface area contributed by atoms with Gasteiger partial charge in [-0.15, -0.1) is 0 Å². The predicted octanol–water partition coefficient (Wildman–Crippen LogP) is 2.36. The lowest BCUT2D eigenvalue weighted by atomic mass is 10.0. The van der Waals surface area contributed by atoms with Gasteiger partial charge in [0.05, 0.1) is 5.92 Å². The van der Waals surface area contributed by atoms with Crippen molar-refractivity contribution in [3.63, 3.8) is 0 Å². The number of nitrogens with one attached hydrogen (secondary N) is 1. The molecule has 0 amide bonds. The molecule has 1 rings (SSSR count). The zero-order valence-electron chi connectivity index (χ0n) is 10.5. The molecule has 1 fully saturated rings. The Kier molecular flexibility index (Phi) is 5.12. The Balaban J connectivity index is 2.40. The lowest BCUT2D eigenvalue weighted by Crippen LogP contribution is -2.43. The number of rotatable bonds is 6. The van der Waals surface area contributed by atoms with Crippen molar-refractivity contribution >= 4 is 17.7 Å². The van der Waals surface area contributed by atoms with E-state index in [4.69, 9.17) is 5.11 Å². The van der Waals surface area contributed by atoms with E-state index in [1.165, 1.54) is 25.7 Å². The molecule has 0 aromatic rings. The minimum absolute atomic E-state index is 0.0436. The number of carbonyl (C=O) groups is 1. The summed E-state index contributed by atoms with van der Waals surface area (Å²) in [5.74, 6) is -1.04. The zero-order chi connectivity index (χ0) is 12.2. The minimum Gasteiger partial charge on any atom is -0.481 e. The van der Waals surface area contributed by atoms with Crippen LogP contribution in [0.1, 0.15) is 39.5 Å². The molecule has 1 saturated carbocycles. The van der Waals surface area contributed by atoms with E-state index in [0.29, 0.717) is 4.75 Å². The van der Waals surface area contributed by atoms with Crippen LogP contribution >= 0.6 is 11.8 Å². The number of thioether (sulfide) groups is 1. The van der Waals surface area contributed by atoms with Crippen molar-refractivity contribution in [3.05, 3.63) is 0 Å². The largest absolute Gasteiger partial charge is 0.481 e. The van der Waals surface area contributed by atoms with E-state index in [0.717, 1.165) is 6.54 Å². The standard InChI is InChI=1S/C12H23NO2S/c1-9(11(14)15)10(2)13-8-12(16-3)6-4-5-7-12/h9-10,13H,4-8H2,1-3H3,(H,14,15). The molecule has 0 aromatic heterocycles. The van der Waals surface area contributed by atoms with Gasteiger partial charge in [-0.1, -0.05) is 19.8 Å². The van der Waals surface area contributed by atoms with E-state index in [2.05, 4.69) is 11.6 Å². The van der Waals surface area contributed by atoms with Crippen LogP contribution < -0.4 is 5.32 Å². The highest BCUT2D eigenvalue weighted by Gasteiger charge is 2.33. The molecule has 0 saturated heterocycles. The summed E-state index contributed by atoms with van der Waals surface area (Å²) >= 11 is 1.93. The Bertz CT molecular complexity index is 239. The van der Waals surface area contributed by atoms with Gasteiger partial charge in [-0.05, 0) is 26.0 Å². The average molecular weight is 245 g/mol. The average Bonchev–Trinajstić information content (AvgIpc) is 2.74. The van der Waals surface area contributed by atoms with E-state index in [9.17, 15) is 4.79 Å². The van der Waals surface area contributed by atoms with Gasteiger partial charge in [-0.3, -0.25) is 4.79 Å². The summed E-state index contributed by atoms with van der Waals surface area (Å²) in [6.07, 6.45) is 7.31. The number of hydrogen-bond donors (Lipinski definition) is 2. The highest BCUT2D eigenvalue weighted by atomic mass is 32.2. The van der Waals surface area contributed by atoms with Crippen molar-refractivity contribution in [1.29, 1.82) is 0 Å². The Morgan fingerprint density at radius 1 is 1.44 bits per heavy atom. The van der Waals surface area contributed by atoms with Crippen LogP contribution in [0, 0.1) is 5.92 Å². The van der Waals surface area contributed by atoms with Gasteiger partial charge < -0.3 is 10.4 Å². The van der Waals surface area contributed by atoms with Gasteiger partial charge in [0.25, 0.3) is 0 Å². The molecule has 16 heavy (non-hydrogen) atoms. The summed E-state index contributed by atoms with van der Waals surface area (Å²) < 4.78 is 0.354. The summed E-state index contributed by atoms with van der Waals surface area (Å²) in [5, 5.41) is 12.3. The molecule has 1 aliphatic carbocycles. The fraction of sp³-hybridized carbons (Fsp3) is 0.917. The first-order chi connectivity index (χ1) is 7.51. The van der Waals surface area contributed by atoms with Gasteiger partial charge in [0.2, 0.25) is 0 Å². The smallest absolute Gasteiger partial charge is 0.307 e. The maximum Gasteiger partial charge on any atom is 0.307 e. The summed E-state index contributed by atoms with van der Waals surface area (Å²) in [5.41, 5.74) is 0. The van der Waals surface area contributed by atoms with Gasteiger partial charge in [0, 0.05) is 17.3 Å². The normalized spacial score (nSPS) is 22.9. The van der Waals surface area contributed by atoms with E-state index in [-0.39, 0.29) is 12.0 Å². The van der Waals surface area contributed by atoms with Gasteiger partial charge in [0.1, 0.15) is 0 Å². The molecular weight excluding hydrogens is 222 g/mol. The summed E-state index contributed by atoms with van der Waals surface area (Å²) in [7, 11) is 0. The third-order valence-corrected chi connectivity index (χ3v) is 5.25. The number of hydrogen-bond acceptors (Lipinski definition) is 3. The second-order valence-corrected chi connectivity index (χ2v) is 6.17. The second kappa shape index (κ2) is 5.92. The molecule has 2 N–H and O–H groups in total. The zero-order valence-corrected chi connectivity index (χ0v) is 11.3. The second-order valence-electron chi connectivity index (χ2n) is 4.89. The third-order valence-electron chi connectivity index (χ3n) is 3.83. The highest BCUT2D eigenvalue weighted by Crippen LogP contribution is 2.39. The van der Waals surface area contributed by atoms with Crippen molar-refractivity contribution in [1.82, 2.24) is 5.32 Å². The fourth-order valence-electron chi connectivity index (χ4n) is 2.21. The molecule has 3 nitrogen and oxygen atoms in total. The first-order valence-electron chi connectivity index (χ1n) is 6.02. The first-order valence-corrected chi connectivity index (χ1v) is 7.24. The van der Waals surface area contributed by atoms with Gasteiger partial charge in [0.15, 0.2) is 0 Å². The van der Waals surface area contributed by atoms with Gasteiger partial charge >= 0.3 is 5.97 Å². The molecule has 2 unspecified atom stereocenters. The molecule has 0 spiro atoms. The van der Waals surface area contributed by atoms with Crippen LogP contribution in [-0.4, -0.2) is 34.7 Å². The van der Waals surface area contributed by atoms with E-state index in [1.54, 1.807) is 6.92 Å². The molecule has 0 aliphatic heterocycles. The van der Waals surface area contributed by atoms with Crippen LogP contribution in [-0.2, 0) is 4.79 Å². The summed E-state index contributed by atoms with van der Waals surface area (Å²) in [6, 6.07) is 0.0436. The van der Waals surface area contributed by atoms with Crippen LogP contribution in [0.3, 0.4) is 0 Å². The highest BCUT2D eigenvalue weighted by molar-refractivity contribution is 8.00. The number of carboxylic acid groups (broad SMARTS) is 1. The van der Waals surface area contributed by atoms with Crippen LogP contribution in [0.2, 0.25) is 0 Å². The van der Waals surface area contributed by atoms with Crippen molar-refractivity contribution in [3.8, 4) is 0 Å². The molecule has 4 heteroatoms. The molecule has 1 aliphatic rings. The lowest BCUT2D eigenvalue weighted by Gasteiger charge is -2.30. The Morgan fingerprint density at radius 3 is 2.44 bits per heavy atom. The Labute approximate surface area is 102 Å². The molecule has 2 atom stereocenters. The molecular formula is C12H23NO2S. The molecule has 0 heterocycles. The maximum atomic E-state index is 10.8. The van der Waals surface area contributed by atoms with Crippen molar-refractivity contribution < 1.29 is 9.90 Å². The summed E-state index contributed by atoms with van der Waals surface area (Å²) in [6.45, 7) is 4.66. The van der Waals surface area contributed by atoms with Crippen LogP contribution in [0.4, 0.5) is 0 Å². The number of aliphatic carboxylic acids is 1. The van der Waals surface area contributed by atoms with Crippen LogP contribution in [0.15, 0.2) is 0 Å². The SMILES string of the molecule is CSC1(CNC(C)C(C)C(=O)O)CCCC1. The topological polar surface area (TPSA) is 49.3 Å². The quantitative estimate of drug-likeness (QED) is 0.754. The Morgan fingerprint density at radius 2 is 2.00 bits per heavy atom. The first kappa shape index (κ1) is 13.8. The fourth-order valence-corrected chi connectivity index (χ4v) is 3.13. The van der Waals surface area contributed by atoms with Crippen LogP contribution in [0.5, 0.6) is 0 Å². The molecule has 0 bridgehead atoms. The molecule has 0 aromatic carbocycles. The monoisotopic (exact) mass is 245 g/mol. The minimum atomic E-state index is -0.718. The van der Waals surface area contributed by atoms with E-state index < -0.39 is 5.97 Å². The maximum absolute atomic E-state index is 10.8. The summed E-state index contributed by atoms with van der Waals surface area (Å²) in [4.78, 5) is 10.8. The predicted molar refractivity (Wildman–Crippen MR) is 69.0 cm³/mol. The lowest BCUT2D eigenvalue weighted by molar-refractivity contribution is -0.141. The van der Waals surface area contributed by atoms with Gasteiger partial charge in [-0.25, -0.2) is 0 Å². The van der Waals surface area contributed by atoms with Crippen molar-refractivity contribution in [2.75, 3.05) is 12.8 Å². The van der Waals surface area contributed by atoms with Crippen molar-refractivity contribution in [2.24, 2.45) is 5.92 Å². The van der Waals surface area contributed by atoms with Gasteiger partial charge in [-0.2, -0.15) is 11.8 Å². The van der Waals surface area contributed by atoms with Crippen molar-refractivity contribution in [2.45, 2.75) is 50.3 Å². The Hall–Kier alpha value is -0.220. The molecule has 94 valence electrons. The third kappa shape index (κ3) is 3.39.